The largest absolute Gasteiger partial charge is 0.461 e. The van der Waals surface area contributed by atoms with Crippen LogP contribution >= 0.6 is 23.1 Å². The van der Waals surface area contributed by atoms with Crippen molar-refractivity contribution in [2.24, 2.45) is 0 Å². The van der Waals surface area contributed by atoms with Gasteiger partial charge in [-0.15, -0.1) is 21.5 Å². The smallest absolute Gasteiger partial charge is 0.238 e. The highest BCUT2D eigenvalue weighted by Crippen LogP contribution is 2.37. The quantitative estimate of drug-likeness (QED) is 0.362. The summed E-state index contributed by atoms with van der Waals surface area (Å²) in [5, 5.41) is 21.2. The van der Waals surface area contributed by atoms with Crippen molar-refractivity contribution < 1.29 is 9.21 Å². The molecule has 1 unspecified atom stereocenters. The van der Waals surface area contributed by atoms with Gasteiger partial charge in [0.15, 0.2) is 5.76 Å². The summed E-state index contributed by atoms with van der Waals surface area (Å²) in [6.07, 6.45) is 6.80. The number of aryl methyl sites for hydroxylation is 1. The molecule has 0 saturated carbocycles. The van der Waals surface area contributed by atoms with E-state index < -0.39 is 5.25 Å². The van der Waals surface area contributed by atoms with Crippen LogP contribution in [0.5, 0.6) is 0 Å². The van der Waals surface area contributed by atoms with E-state index in [1.165, 1.54) is 45.3 Å². The van der Waals surface area contributed by atoms with Gasteiger partial charge in [0.25, 0.3) is 0 Å². The van der Waals surface area contributed by atoms with Crippen molar-refractivity contribution in [1.29, 1.82) is 5.26 Å². The first-order valence-corrected chi connectivity index (χ1v) is 11.0. The Bertz CT molecular complexity index is 1060. The van der Waals surface area contributed by atoms with Gasteiger partial charge in [-0.05, 0) is 50.3 Å². The molecule has 3 aromatic rings. The molecular weight excluding hydrogens is 408 g/mol. The molecule has 29 heavy (non-hydrogen) atoms. The van der Waals surface area contributed by atoms with E-state index in [2.05, 4.69) is 21.6 Å². The van der Waals surface area contributed by atoms with E-state index in [1.807, 2.05) is 0 Å². The van der Waals surface area contributed by atoms with Crippen LogP contribution in [0.1, 0.15) is 42.2 Å². The van der Waals surface area contributed by atoms with Crippen molar-refractivity contribution in [2.45, 2.75) is 49.4 Å². The van der Waals surface area contributed by atoms with Crippen LogP contribution in [-0.4, -0.2) is 26.0 Å². The van der Waals surface area contributed by atoms with Gasteiger partial charge in [-0.2, -0.15) is 5.26 Å². The standard InChI is InChI=1S/C19H20N6O2S2/c1-11(28-19-24-23-16(25(19)21)14-7-5-9-27-14)17(26)22-18-13(10-20)12-6-3-2-4-8-15(12)29-18/h5,7,9,11H,2-4,6,8,21H2,1H3,(H,22,26). The van der Waals surface area contributed by atoms with Gasteiger partial charge in [-0.25, -0.2) is 4.68 Å². The number of hydrogen-bond acceptors (Lipinski definition) is 8. The summed E-state index contributed by atoms with van der Waals surface area (Å²) in [5.41, 5.74) is 1.72. The molecule has 3 heterocycles. The van der Waals surface area contributed by atoms with Crippen molar-refractivity contribution in [3.63, 3.8) is 0 Å². The lowest BCUT2D eigenvalue weighted by Gasteiger charge is -2.11. The number of nitrogens with two attached hydrogens (primary N) is 1. The van der Waals surface area contributed by atoms with E-state index in [0.717, 1.165) is 31.2 Å². The summed E-state index contributed by atoms with van der Waals surface area (Å²) >= 11 is 2.72. The Hall–Kier alpha value is -2.77. The summed E-state index contributed by atoms with van der Waals surface area (Å²) in [6, 6.07) is 5.76. The van der Waals surface area contributed by atoms with E-state index in [1.54, 1.807) is 19.1 Å². The molecule has 0 spiro atoms. The highest BCUT2D eigenvalue weighted by molar-refractivity contribution is 8.00. The first-order valence-electron chi connectivity index (χ1n) is 9.35. The second kappa shape index (κ2) is 8.31. The van der Waals surface area contributed by atoms with Crippen molar-refractivity contribution >= 4 is 34.0 Å². The number of furan rings is 1. The summed E-state index contributed by atoms with van der Waals surface area (Å²) in [7, 11) is 0. The topological polar surface area (TPSA) is 123 Å². The zero-order valence-electron chi connectivity index (χ0n) is 15.8. The van der Waals surface area contributed by atoms with Crippen molar-refractivity contribution in [3.05, 3.63) is 34.4 Å². The molecule has 3 N–H and O–H groups in total. The lowest BCUT2D eigenvalue weighted by Crippen LogP contribution is -2.23. The van der Waals surface area contributed by atoms with E-state index >= 15 is 0 Å². The third-order valence-electron chi connectivity index (χ3n) is 4.83. The van der Waals surface area contributed by atoms with Crippen LogP contribution in [0.2, 0.25) is 0 Å². The molecule has 4 rings (SSSR count). The molecule has 8 nitrogen and oxygen atoms in total. The predicted molar refractivity (Wildman–Crippen MR) is 112 cm³/mol. The Labute approximate surface area is 176 Å². The number of anilines is 1. The highest BCUT2D eigenvalue weighted by atomic mass is 32.2. The minimum Gasteiger partial charge on any atom is -0.461 e. The van der Waals surface area contributed by atoms with Gasteiger partial charge in [0.2, 0.25) is 16.9 Å². The minimum absolute atomic E-state index is 0.203. The first kappa shape index (κ1) is 19.5. The van der Waals surface area contributed by atoms with Crippen molar-refractivity contribution in [2.75, 3.05) is 11.2 Å². The molecule has 1 aliphatic rings. The number of nitrogens with one attached hydrogen (secondary N) is 1. The fraction of sp³-hybridized carbons (Fsp3) is 0.368. The van der Waals surface area contributed by atoms with Gasteiger partial charge in [-0.1, -0.05) is 18.2 Å². The molecule has 0 bridgehead atoms. The van der Waals surface area contributed by atoms with Gasteiger partial charge in [0.1, 0.15) is 11.1 Å². The fourth-order valence-corrected chi connectivity index (χ4v) is 5.32. The minimum atomic E-state index is -0.473. The summed E-state index contributed by atoms with van der Waals surface area (Å²) < 4.78 is 6.61. The Kier molecular flexibility index (Phi) is 5.60. The van der Waals surface area contributed by atoms with E-state index in [9.17, 15) is 10.1 Å². The molecule has 0 radical (unpaired) electrons. The van der Waals surface area contributed by atoms with Crippen LogP contribution in [0.25, 0.3) is 11.6 Å². The maximum Gasteiger partial charge on any atom is 0.238 e. The predicted octanol–water partition coefficient (Wildman–Crippen LogP) is 3.57. The molecule has 0 fully saturated rings. The number of carbonyl (C=O) groups is 1. The van der Waals surface area contributed by atoms with Gasteiger partial charge < -0.3 is 15.6 Å². The second-order valence-electron chi connectivity index (χ2n) is 6.78. The number of hydrogen-bond donors (Lipinski definition) is 2. The van der Waals surface area contributed by atoms with Crippen LogP contribution in [-0.2, 0) is 17.6 Å². The Morgan fingerprint density at radius 2 is 2.24 bits per heavy atom. The number of thiophene rings is 1. The molecule has 3 aromatic heterocycles. The van der Waals surface area contributed by atoms with Gasteiger partial charge in [0, 0.05) is 4.88 Å². The molecule has 1 atom stereocenters. The van der Waals surface area contributed by atoms with Crippen molar-refractivity contribution in [3.8, 4) is 17.7 Å². The van der Waals surface area contributed by atoms with Crippen LogP contribution in [0.3, 0.4) is 0 Å². The number of nitrogens with zero attached hydrogens (tertiary/aromatic N) is 4. The number of rotatable bonds is 5. The average Bonchev–Trinajstić information content (AvgIpc) is 3.39. The maximum absolute atomic E-state index is 12.8. The molecule has 1 amide bonds. The number of nitrogen functional groups attached to an aromatic ring is 1. The molecule has 0 saturated heterocycles. The molecule has 10 heteroatoms. The highest BCUT2D eigenvalue weighted by Gasteiger charge is 2.25. The van der Waals surface area contributed by atoms with Crippen LogP contribution < -0.4 is 11.2 Å². The lowest BCUT2D eigenvalue weighted by molar-refractivity contribution is -0.115. The zero-order valence-corrected chi connectivity index (χ0v) is 17.5. The zero-order chi connectivity index (χ0) is 20.4. The van der Waals surface area contributed by atoms with Crippen molar-refractivity contribution in [1.82, 2.24) is 14.9 Å². The van der Waals surface area contributed by atoms with Gasteiger partial charge >= 0.3 is 0 Å². The molecule has 1 aliphatic carbocycles. The van der Waals surface area contributed by atoms with Crippen LogP contribution in [0.4, 0.5) is 5.00 Å². The van der Waals surface area contributed by atoms with Crippen LogP contribution in [0.15, 0.2) is 28.0 Å². The van der Waals surface area contributed by atoms with Crippen LogP contribution in [0, 0.1) is 11.3 Å². The third-order valence-corrected chi connectivity index (χ3v) is 7.09. The van der Waals surface area contributed by atoms with E-state index in [0.29, 0.717) is 27.3 Å². The Morgan fingerprint density at radius 1 is 1.41 bits per heavy atom. The number of amides is 1. The average molecular weight is 429 g/mol. The third kappa shape index (κ3) is 3.88. The second-order valence-corrected chi connectivity index (χ2v) is 9.20. The number of nitriles is 1. The number of thioether (sulfide) groups is 1. The maximum atomic E-state index is 12.8. The Balaban J connectivity index is 1.48. The van der Waals surface area contributed by atoms with Gasteiger partial charge in [0.05, 0.1) is 17.1 Å². The monoisotopic (exact) mass is 428 g/mol. The van der Waals surface area contributed by atoms with E-state index in [-0.39, 0.29) is 5.91 Å². The first-order chi connectivity index (χ1) is 14.1. The summed E-state index contributed by atoms with van der Waals surface area (Å²) in [6.45, 7) is 1.77. The molecule has 0 aromatic carbocycles. The summed E-state index contributed by atoms with van der Waals surface area (Å²) in [4.78, 5) is 14.0. The molecule has 0 aliphatic heterocycles. The molecular formula is C19H20N6O2S2. The Morgan fingerprint density at radius 3 is 3.00 bits per heavy atom. The number of aromatic nitrogens is 3. The SMILES string of the molecule is CC(Sc1nnc(-c2ccco2)n1N)C(=O)Nc1sc2c(c1C#N)CCCCC2. The van der Waals surface area contributed by atoms with Gasteiger partial charge in [-0.3, -0.25) is 4.79 Å². The lowest BCUT2D eigenvalue weighted by atomic mass is 10.1. The fourth-order valence-electron chi connectivity index (χ4n) is 3.31. The van der Waals surface area contributed by atoms with E-state index in [4.69, 9.17) is 10.3 Å². The number of fused-ring (bicyclic) bond motifs is 1. The molecule has 150 valence electrons. The number of carbonyl (C=O) groups excluding carboxylic acids is 1. The summed E-state index contributed by atoms with van der Waals surface area (Å²) in [5.74, 6) is 6.75. The normalized spacial score (nSPS) is 14.6.